The number of aryl methyl sites for hydroxylation is 1. The zero-order valence-corrected chi connectivity index (χ0v) is 25.2. The van der Waals surface area contributed by atoms with E-state index >= 15 is 8.78 Å². The predicted molar refractivity (Wildman–Crippen MR) is 158 cm³/mol. The normalized spacial score (nSPS) is 20.4. The number of amides is 1. The molecular weight excluding hydrogens is 595 g/mol. The van der Waals surface area contributed by atoms with Crippen LogP contribution in [0, 0.1) is 41.6 Å². The first-order valence-electron chi connectivity index (χ1n) is 15.8. The summed E-state index contributed by atoms with van der Waals surface area (Å²) in [7, 11) is 0. The average molecular weight is 627 g/mol. The summed E-state index contributed by atoms with van der Waals surface area (Å²) in [5.41, 5.74) is -3.11. The first-order chi connectivity index (χ1) is 22.1. The number of hydrogen-bond acceptors (Lipinski definition) is 6. The van der Waals surface area contributed by atoms with Crippen LogP contribution in [0.3, 0.4) is 0 Å². The molecule has 2 N–H and O–H groups in total. The summed E-state index contributed by atoms with van der Waals surface area (Å²) in [6, 6.07) is 9.05. The highest BCUT2D eigenvalue weighted by Gasteiger charge is 2.51. The van der Waals surface area contributed by atoms with Gasteiger partial charge in [0.2, 0.25) is 5.87 Å². The van der Waals surface area contributed by atoms with E-state index in [1.165, 1.54) is 19.1 Å². The van der Waals surface area contributed by atoms with Crippen LogP contribution in [0.1, 0.15) is 78.5 Å². The Labute approximate surface area is 262 Å². The Hall–Kier alpha value is -4.52. The molecule has 0 radical (unpaired) electrons. The lowest BCUT2D eigenvalue weighted by Gasteiger charge is -2.30. The summed E-state index contributed by atoms with van der Waals surface area (Å²) in [6.45, 7) is 1.17. The molecule has 8 rings (SSSR count). The molecule has 234 valence electrons. The number of aromatic nitrogens is 1. The first kappa shape index (κ1) is 28.9. The van der Waals surface area contributed by atoms with Crippen molar-refractivity contribution in [3.8, 4) is 23.1 Å². The second-order valence-electron chi connectivity index (χ2n) is 13.3. The highest BCUT2D eigenvalue weighted by molar-refractivity contribution is 5.94. The summed E-state index contributed by atoms with van der Waals surface area (Å²) < 4.78 is 53.2. The smallest absolute Gasteiger partial charge is 0.251 e. The van der Waals surface area contributed by atoms with Gasteiger partial charge in [0.05, 0.1) is 29.8 Å². The van der Waals surface area contributed by atoms with Crippen molar-refractivity contribution in [2.75, 3.05) is 6.54 Å². The van der Waals surface area contributed by atoms with E-state index in [0.29, 0.717) is 59.7 Å². The molecule has 0 unspecified atom stereocenters. The van der Waals surface area contributed by atoms with Gasteiger partial charge in [-0.05, 0) is 85.9 Å². The van der Waals surface area contributed by atoms with Crippen molar-refractivity contribution < 1.29 is 32.5 Å². The fraction of sp³-hybridized carbons (Fsp3) is 0.429. The van der Waals surface area contributed by atoms with Crippen LogP contribution < -0.4 is 20.6 Å². The van der Waals surface area contributed by atoms with Crippen molar-refractivity contribution in [1.29, 1.82) is 5.26 Å². The minimum atomic E-state index is -1.75. The Balaban J connectivity index is 1.16. The lowest BCUT2D eigenvalue weighted by Crippen LogP contribution is -2.44. The average Bonchev–Trinajstić information content (AvgIpc) is 3.85. The number of hydrogen-bond donors (Lipinski definition) is 2. The third-order valence-corrected chi connectivity index (χ3v) is 9.65. The van der Waals surface area contributed by atoms with Gasteiger partial charge in [-0.25, -0.2) is 18.2 Å². The summed E-state index contributed by atoms with van der Waals surface area (Å²) in [5, 5.41) is 30.9. The highest BCUT2D eigenvalue weighted by Crippen LogP contribution is 2.52. The van der Waals surface area contributed by atoms with Gasteiger partial charge in [-0.3, -0.25) is 4.79 Å². The van der Waals surface area contributed by atoms with Crippen molar-refractivity contribution >= 4 is 11.8 Å². The third kappa shape index (κ3) is 4.97. The number of nitriles is 1. The lowest BCUT2D eigenvalue weighted by molar-refractivity contribution is -0.543. The zero-order valence-electron chi connectivity index (χ0n) is 25.2. The molecule has 0 bridgehead atoms. The van der Waals surface area contributed by atoms with Gasteiger partial charge in [-0.15, -0.1) is 0 Å². The van der Waals surface area contributed by atoms with Gasteiger partial charge in [0.15, 0.2) is 23.0 Å². The Kier molecular flexibility index (Phi) is 6.44. The Morgan fingerprint density at radius 2 is 1.89 bits per heavy atom. The van der Waals surface area contributed by atoms with Gasteiger partial charge in [-0.2, -0.15) is 5.26 Å². The maximum atomic E-state index is 16.1. The molecule has 8 nitrogen and oxygen atoms in total. The minimum Gasteiger partial charge on any atom is -0.488 e. The zero-order chi connectivity index (χ0) is 32.0. The molecule has 1 amide bonds. The van der Waals surface area contributed by atoms with Crippen LogP contribution in [-0.2, 0) is 11.0 Å². The maximum absolute atomic E-state index is 16.1. The molecular formula is C35H31F3N5O3+. The second kappa shape index (κ2) is 10.2. The van der Waals surface area contributed by atoms with Gasteiger partial charge in [-0.1, -0.05) is 0 Å². The quantitative estimate of drug-likeness (QED) is 0.334. The van der Waals surface area contributed by atoms with Crippen molar-refractivity contribution in [3.05, 3.63) is 80.7 Å². The molecule has 2 heterocycles. The van der Waals surface area contributed by atoms with Gasteiger partial charge in [0.25, 0.3) is 5.91 Å². The number of carbonyl (C=O) groups excluding carboxylic acids is 1. The van der Waals surface area contributed by atoms with Crippen LogP contribution in [0.25, 0.3) is 11.3 Å². The monoisotopic (exact) mass is 626 g/mol. The Bertz CT molecular complexity index is 2050. The third-order valence-electron chi connectivity index (χ3n) is 9.65. The van der Waals surface area contributed by atoms with E-state index < -0.39 is 40.1 Å². The SMILES string of the molecule is Cc1cc(-c2nc([C@@](O)(CNC(=O)c3cc(OC4CC4)c4c(c3)=C=[N+](C3CC3)N=4)C3CC3)cc(C3(C#N)CC3)c2F)c(F)cc1F. The molecule has 0 spiro atoms. The van der Waals surface area contributed by atoms with Crippen LogP contribution >= 0.6 is 0 Å². The second-order valence-corrected chi connectivity index (χ2v) is 13.3. The van der Waals surface area contributed by atoms with Gasteiger partial charge < -0.3 is 15.2 Å². The number of aliphatic hydroxyl groups is 1. The number of fused-ring (bicyclic) bond motifs is 1. The van der Waals surface area contributed by atoms with Crippen molar-refractivity contribution in [2.45, 2.75) is 81.5 Å². The number of carbonyl (C=O) groups is 1. The van der Waals surface area contributed by atoms with E-state index in [0.717, 1.165) is 25.7 Å². The number of pyridine rings is 1. The number of rotatable bonds is 10. The molecule has 11 heteroatoms. The molecule has 46 heavy (non-hydrogen) atoms. The minimum absolute atomic E-state index is 0.0114. The van der Waals surface area contributed by atoms with Gasteiger partial charge >= 0.3 is 0 Å². The summed E-state index contributed by atoms with van der Waals surface area (Å²) in [5.74, 6) is 0.309. The lowest BCUT2D eigenvalue weighted by atomic mass is 9.87. The molecule has 4 saturated carbocycles. The van der Waals surface area contributed by atoms with Crippen LogP contribution in [0.4, 0.5) is 13.2 Å². The largest absolute Gasteiger partial charge is 0.488 e. The van der Waals surface area contributed by atoms with E-state index in [-0.39, 0.29) is 41.0 Å². The number of ether oxygens (including phenoxy) is 1. The Morgan fingerprint density at radius 1 is 1.13 bits per heavy atom. The fourth-order valence-electron chi connectivity index (χ4n) is 6.14. The predicted octanol–water partition coefficient (Wildman–Crippen LogP) is 3.66. The number of nitrogens with one attached hydrogen (secondary N) is 1. The van der Waals surface area contributed by atoms with Crippen molar-refractivity contribution in [1.82, 2.24) is 10.3 Å². The molecule has 1 atom stereocenters. The molecule has 2 aromatic carbocycles. The van der Waals surface area contributed by atoms with E-state index in [4.69, 9.17) is 4.74 Å². The van der Waals surface area contributed by atoms with E-state index in [9.17, 15) is 19.6 Å². The summed E-state index contributed by atoms with van der Waals surface area (Å²) >= 11 is 0. The fourth-order valence-corrected chi connectivity index (χ4v) is 6.14. The topological polar surface area (TPSA) is 111 Å². The number of benzene rings is 2. The summed E-state index contributed by atoms with van der Waals surface area (Å²) in [6.07, 6.45) is 6.06. The van der Waals surface area contributed by atoms with Crippen LogP contribution in [0.5, 0.6) is 5.75 Å². The van der Waals surface area contributed by atoms with Crippen molar-refractivity contribution in [3.63, 3.8) is 0 Å². The van der Waals surface area contributed by atoms with Gasteiger partial charge in [0, 0.05) is 40.7 Å². The first-order valence-corrected chi connectivity index (χ1v) is 15.8. The maximum Gasteiger partial charge on any atom is 0.251 e. The molecule has 4 fully saturated rings. The molecule has 5 aliphatic rings. The standard InChI is InChI=1S/C35H30F3N5O3/c1-18-10-24(27(37)14-26(18)36)32-30(38)25(34(16-39)8-9-34)13-29(41-32)35(45,21-2-3-21)17-40-33(44)19-11-20-15-43(22-4-5-22)42-31(20)28(12-19)46-23-6-7-23/h10-14,21-23,45H,2-9,17H2,1H3/p+1/t35-/m1/s1. The Morgan fingerprint density at radius 3 is 2.54 bits per heavy atom. The molecule has 0 saturated heterocycles. The van der Waals surface area contributed by atoms with Crippen LogP contribution in [-0.4, -0.2) is 45.2 Å². The number of nitrogens with zero attached hydrogens (tertiary/aromatic N) is 4. The van der Waals surface area contributed by atoms with E-state index in [1.54, 1.807) is 16.8 Å². The van der Waals surface area contributed by atoms with E-state index in [2.05, 4.69) is 27.3 Å². The molecule has 4 aliphatic carbocycles. The molecule has 3 aromatic rings. The van der Waals surface area contributed by atoms with Crippen molar-refractivity contribution in [2.24, 2.45) is 11.0 Å². The molecule has 1 aliphatic heterocycles. The van der Waals surface area contributed by atoms with Crippen LogP contribution in [0.15, 0.2) is 35.4 Å². The highest BCUT2D eigenvalue weighted by atomic mass is 19.1. The van der Waals surface area contributed by atoms with E-state index in [1.807, 2.05) is 0 Å². The number of halogens is 3. The molecule has 1 aromatic heterocycles. The summed E-state index contributed by atoms with van der Waals surface area (Å²) in [4.78, 5) is 18.1. The van der Waals surface area contributed by atoms with Crippen LogP contribution in [0.2, 0.25) is 0 Å². The van der Waals surface area contributed by atoms with Gasteiger partial charge in [0.1, 0.15) is 28.1 Å².